The van der Waals surface area contributed by atoms with E-state index in [-0.39, 0.29) is 11.5 Å². The SMILES string of the molecule is CN(C)C1[C@@H]2CC[C@H]1CN(C(=O)c1c[nH]c(=O)[nH]c1=O)C2. The quantitative estimate of drug-likeness (QED) is 0.767. The molecule has 21 heavy (non-hydrogen) atoms. The van der Waals surface area contributed by atoms with Crippen molar-refractivity contribution < 1.29 is 4.79 Å². The van der Waals surface area contributed by atoms with E-state index in [9.17, 15) is 14.4 Å². The Hall–Kier alpha value is -1.89. The van der Waals surface area contributed by atoms with E-state index in [2.05, 4.69) is 29.0 Å². The molecular formula is C14H20N4O3. The lowest BCUT2D eigenvalue weighted by Gasteiger charge is -2.41. The number of carbonyl (C=O) groups excluding carboxylic acids is 1. The second-order valence-corrected chi connectivity index (χ2v) is 6.25. The number of carbonyl (C=O) groups is 1. The van der Waals surface area contributed by atoms with Crippen molar-refractivity contribution in [2.24, 2.45) is 11.8 Å². The Morgan fingerprint density at radius 3 is 2.38 bits per heavy atom. The van der Waals surface area contributed by atoms with Gasteiger partial charge in [0.1, 0.15) is 5.56 Å². The molecule has 1 aliphatic heterocycles. The van der Waals surface area contributed by atoms with Gasteiger partial charge in [0.25, 0.3) is 11.5 Å². The van der Waals surface area contributed by atoms with Crippen molar-refractivity contribution in [3.8, 4) is 0 Å². The van der Waals surface area contributed by atoms with Crippen LogP contribution in [-0.2, 0) is 0 Å². The Labute approximate surface area is 122 Å². The van der Waals surface area contributed by atoms with E-state index in [1.165, 1.54) is 6.20 Å². The van der Waals surface area contributed by atoms with Crippen molar-refractivity contribution in [1.29, 1.82) is 0 Å². The molecule has 0 radical (unpaired) electrons. The van der Waals surface area contributed by atoms with E-state index < -0.39 is 11.2 Å². The van der Waals surface area contributed by atoms with E-state index in [1.807, 2.05) is 0 Å². The maximum atomic E-state index is 12.5. The summed E-state index contributed by atoms with van der Waals surface area (Å²) < 4.78 is 0. The number of H-pyrrole nitrogens is 2. The number of nitrogens with one attached hydrogen (secondary N) is 2. The molecule has 1 amide bonds. The predicted molar refractivity (Wildman–Crippen MR) is 77.3 cm³/mol. The van der Waals surface area contributed by atoms with Gasteiger partial charge < -0.3 is 14.8 Å². The van der Waals surface area contributed by atoms with Crippen LogP contribution in [-0.4, -0.2) is 58.9 Å². The Bertz CT molecular complexity index is 649. The second-order valence-electron chi connectivity index (χ2n) is 6.25. The van der Waals surface area contributed by atoms with Gasteiger partial charge in [-0.2, -0.15) is 0 Å². The first-order valence-electron chi connectivity index (χ1n) is 7.25. The monoisotopic (exact) mass is 292 g/mol. The van der Waals surface area contributed by atoms with Crippen LogP contribution in [0.15, 0.2) is 15.8 Å². The first kappa shape index (κ1) is 14.1. The smallest absolute Gasteiger partial charge is 0.325 e. The van der Waals surface area contributed by atoms with Gasteiger partial charge in [-0.3, -0.25) is 14.6 Å². The maximum absolute atomic E-state index is 12.5. The summed E-state index contributed by atoms with van der Waals surface area (Å²) in [6, 6.07) is 0.517. The van der Waals surface area contributed by atoms with Crippen molar-refractivity contribution in [2.45, 2.75) is 18.9 Å². The van der Waals surface area contributed by atoms with Crippen molar-refractivity contribution in [3.05, 3.63) is 32.6 Å². The Kier molecular flexibility index (Phi) is 3.44. The molecule has 0 aromatic carbocycles. The Balaban J connectivity index is 1.82. The maximum Gasteiger partial charge on any atom is 0.325 e. The molecule has 1 aromatic heterocycles. The molecule has 1 aliphatic carbocycles. The average Bonchev–Trinajstić information content (AvgIpc) is 2.69. The zero-order valence-electron chi connectivity index (χ0n) is 12.3. The van der Waals surface area contributed by atoms with Crippen LogP contribution in [0.4, 0.5) is 0 Å². The Morgan fingerprint density at radius 1 is 1.24 bits per heavy atom. The van der Waals surface area contributed by atoms with Crippen molar-refractivity contribution in [1.82, 2.24) is 19.8 Å². The van der Waals surface area contributed by atoms with Gasteiger partial charge in [0.15, 0.2) is 0 Å². The predicted octanol–water partition coefficient (Wildman–Crippen LogP) is -0.525. The highest BCUT2D eigenvalue weighted by atomic mass is 16.2. The lowest BCUT2D eigenvalue weighted by Crippen LogP contribution is -2.52. The largest absolute Gasteiger partial charge is 0.338 e. The van der Waals surface area contributed by atoms with E-state index in [4.69, 9.17) is 0 Å². The van der Waals surface area contributed by atoms with Crippen molar-refractivity contribution in [3.63, 3.8) is 0 Å². The highest BCUT2D eigenvalue weighted by Gasteiger charge is 2.44. The van der Waals surface area contributed by atoms with Gasteiger partial charge >= 0.3 is 5.69 Å². The number of amides is 1. The van der Waals surface area contributed by atoms with Gasteiger partial charge in [0, 0.05) is 25.3 Å². The second kappa shape index (κ2) is 5.14. The van der Waals surface area contributed by atoms with Gasteiger partial charge in [-0.1, -0.05) is 0 Å². The number of nitrogens with zero attached hydrogens (tertiary/aromatic N) is 2. The molecule has 1 saturated heterocycles. The molecule has 1 unspecified atom stereocenters. The molecule has 7 heteroatoms. The van der Waals surface area contributed by atoms with Crippen LogP contribution in [0.25, 0.3) is 0 Å². The molecule has 2 fully saturated rings. The molecular weight excluding hydrogens is 272 g/mol. The van der Waals surface area contributed by atoms with Crippen LogP contribution >= 0.6 is 0 Å². The lowest BCUT2D eigenvalue weighted by atomic mass is 9.91. The molecule has 3 rings (SSSR count). The molecule has 2 bridgehead atoms. The molecule has 114 valence electrons. The summed E-state index contributed by atoms with van der Waals surface area (Å²) in [5.74, 6) is 0.635. The van der Waals surface area contributed by atoms with Gasteiger partial charge in [-0.15, -0.1) is 0 Å². The number of piperidine rings is 1. The normalized spacial score (nSPS) is 28.1. The number of hydrogen-bond acceptors (Lipinski definition) is 4. The number of likely N-dealkylation sites (tertiary alicyclic amines) is 1. The summed E-state index contributed by atoms with van der Waals surface area (Å²) in [6.07, 6.45) is 3.46. The molecule has 0 spiro atoms. The summed E-state index contributed by atoms with van der Waals surface area (Å²) in [7, 11) is 4.17. The van der Waals surface area contributed by atoms with Crippen LogP contribution in [0, 0.1) is 11.8 Å². The number of rotatable bonds is 2. The molecule has 1 saturated carbocycles. The van der Waals surface area contributed by atoms with E-state index in [0.29, 0.717) is 31.0 Å². The molecule has 2 heterocycles. The third-order valence-electron chi connectivity index (χ3n) is 4.72. The highest BCUT2D eigenvalue weighted by molar-refractivity contribution is 5.93. The third-order valence-corrected chi connectivity index (χ3v) is 4.72. The standard InChI is InChI=1S/C14H20N4O3/c1-17(2)11-8-3-4-9(11)7-18(6-8)13(20)10-5-15-14(21)16-12(10)19/h5,8-9,11H,3-4,6-7H2,1-2H3,(H2,15,16,19,21)/t8-,9+,11?. The zero-order valence-corrected chi connectivity index (χ0v) is 12.3. The number of hydrogen-bond donors (Lipinski definition) is 2. The fourth-order valence-corrected chi connectivity index (χ4v) is 3.94. The van der Waals surface area contributed by atoms with E-state index >= 15 is 0 Å². The molecule has 7 nitrogen and oxygen atoms in total. The molecule has 1 aromatic rings. The summed E-state index contributed by atoms with van der Waals surface area (Å²) >= 11 is 0. The van der Waals surface area contributed by atoms with Crippen molar-refractivity contribution in [2.75, 3.05) is 27.2 Å². The zero-order chi connectivity index (χ0) is 15.1. The summed E-state index contributed by atoms with van der Waals surface area (Å²) in [4.78, 5) is 43.7. The minimum absolute atomic E-state index is 0.0114. The highest BCUT2D eigenvalue weighted by Crippen LogP contribution is 2.39. The van der Waals surface area contributed by atoms with Crippen LogP contribution in [0.2, 0.25) is 0 Å². The fraction of sp³-hybridized carbons (Fsp3) is 0.643. The summed E-state index contributed by atoms with van der Waals surface area (Å²) in [5, 5.41) is 0. The van der Waals surface area contributed by atoms with Crippen LogP contribution in [0.3, 0.4) is 0 Å². The minimum Gasteiger partial charge on any atom is -0.338 e. The topological polar surface area (TPSA) is 89.3 Å². The van der Waals surface area contributed by atoms with E-state index in [1.54, 1.807) is 4.90 Å². The fourth-order valence-electron chi connectivity index (χ4n) is 3.94. The number of fused-ring (bicyclic) bond motifs is 2. The van der Waals surface area contributed by atoms with Crippen LogP contribution in [0.5, 0.6) is 0 Å². The van der Waals surface area contributed by atoms with Crippen LogP contribution in [0.1, 0.15) is 23.2 Å². The van der Waals surface area contributed by atoms with Gasteiger partial charge in [0.05, 0.1) is 0 Å². The minimum atomic E-state index is -0.620. The number of aromatic amines is 2. The van der Waals surface area contributed by atoms with Gasteiger partial charge in [0.2, 0.25) is 0 Å². The van der Waals surface area contributed by atoms with E-state index in [0.717, 1.165) is 12.8 Å². The van der Waals surface area contributed by atoms with Crippen molar-refractivity contribution >= 4 is 5.91 Å². The molecule has 2 N–H and O–H groups in total. The number of aromatic nitrogens is 2. The molecule has 2 aliphatic rings. The van der Waals surface area contributed by atoms with Gasteiger partial charge in [-0.25, -0.2) is 4.79 Å². The summed E-state index contributed by atoms with van der Waals surface area (Å²) in [6.45, 7) is 1.35. The lowest BCUT2D eigenvalue weighted by molar-refractivity contribution is 0.0485. The average molecular weight is 292 g/mol. The van der Waals surface area contributed by atoms with Crippen LogP contribution < -0.4 is 11.2 Å². The third kappa shape index (κ3) is 2.42. The van der Waals surface area contributed by atoms with Gasteiger partial charge in [-0.05, 0) is 38.8 Å². The molecule has 3 atom stereocenters. The summed E-state index contributed by atoms with van der Waals surface area (Å²) in [5.41, 5.74) is -1.20. The first-order chi connectivity index (χ1) is 9.97. The Morgan fingerprint density at radius 2 is 1.86 bits per heavy atom. The first-order valence-corrected chi connectivity index (χ1v) is 7.25.